The molecule has 0 saturated carbocycles. The van der Waals surface area contributed by atoms with Crippen molar-refractivity contribution >= 4 is 15.7 Å². The Morgan fingerprint density at radius 2 is 1.59 bits per heavy atom. The zero-order valence-electron chi connectivity index (χ0n) is 22.0. The van der Waals surface area contributed by atoms with Crippen LogP contribution in [0.25, 0.3) is 22.3 Å². The van der Waals surface area contributed by atoms with Gasteiger partial charge in [-0.05, 0) is 68.0 Å². The van der Waals surface area contributed by atoms with Crippen molar-refractivity contribution in [1.82, 2.24) is 9.47 Å². The van der Waals surface area contributed by atoms with Gasteiger partial charge in [0.05, 0.1) is 5.75 Å². The Morgan fingerprint density at radius 3 is 2.23 bits per heavy atom. The molecule has 0 atom stereocenters. The molecule has 7 nitrogen and oxygen atoms in total. The number of hydrogen-bond acceptors (Lipinski definition) is 5. The van der Waals surface area contributed by atoms with E-state index in [-0.39, 0.29) is 28.5 Å². The maximum absolute atomic E-state index is 14.5. The number of ether oxygens (including phenoxy) is 1. The topological polar surface area (TPSA) is 80.6 Å². The number of nitrogens with zero attached hydrogens (tertiary/aromatic N) is 2. The van der Waals surface area contributed by atoms with E-state index in [9.17, 15) is 22.0 Å². The number of rotatable bonds is 9. The summed E-state index contributed by atoms with van der Waals surface area (Å²) in [4.78, 5) is 14.7. The van der Waals surface area contributed by atoms with Gasteiger partial charge < -0.3 is 14.2 Å². The van der Waals surface area contributed by atoms with E-state index in [1.165, 1.54) is 35.8 Å². The lowest BCUT2D eigenvalue weighted by Crippen LogP contribution is -2.16. The molecule has 1 heterocycles. The van der Waals surface area contributed by atoms with Crippen LogP contribution in [0.2, 0.25) is 0 Å². The van der Waals surface area contributed by atoms with Gasteiger partial charge in [0, 0.05) is 48.7 Å². The maximum atomic E-state index is 14.5. The number of aromatic nitrogens is 1. The highest BCUT2D eigenvalue weighted by Crippen LogP contribution is 2.40. The van der Waals surface area contributed by atoms with Gasteiger partial charge in [-0.3, -0.25) is 9.52 Å². The second-order valence-electron chi connectivity index (χ2n) is 9.38. The monoisotopic (exact) mass is 553 g/mol. The molecule has 0 unspecified atom stereocenters. The van der Waals surface area contributed by atoms with Crippen molar-refractivity contribution in [2.24, 2.45) is 7.05 Å². The molecule has 1 aromatic heterocycles. The fourth-order valence-corrected chi connectivity index (χ4v) is 4.69. The summed E-state index contributed by atoms with van der Waals surface area (Å²) in [5.74, 6) is -1.80. The highest BCUT2D eigenvalue weighted by atomic mass is 32.2. The molecular weight excluding hydrogens is 524 g/mol. The van der Waals surface area contributed by atoms with Crippen LogP contribution in [-0.2, 0) is 23.6 Å². The molecule has 0 aliphatic carbocycles. The van der Waals surface area contributed by atoms with E-state index in [1.807, 2.05) is 43.3 Å². The Labute approximate surface area is 226 Å². The van der Waals surface area contributed by atoms with Crippen LogP contribution in [-0.4, -0.2) is 37.7 Å². The van der Waals surface area contributed by atoms with Gasteiger partial charge in [0.15, 0.2) is 11.6 Å². The summed E-state index contributed by atoms with van der Waals surface area (Å²) < 4.78 is 62.4. The van der Waals surface area contributed by atoms with Gasteiger partial charge in [-0.15, -0.1) is 0 Å². The second kappa shape index (κ2) is 11.4. The maximum Gasteiger partial charge on any atom is 0.250 e. The van der Waals surface area contributed by atoms with Crippen molar-refractivity contribution in [1.29, 1.82) is 0 Å². The van der Waals surface area contributed by atoms with Crippen LogP contribution < -0.4 is 15.0 Å². The first kappa shape index (κ1) is 28.0. The zero-order valence-corrected chi connectivity index (χ0v) is 22.9. The molecule has 0 spiro atoms. The lowest BCUT2D eigenvalue weighted by Gasteiger charge is -2.18. The molecule has 39 heavy (non-hydrogen) atoms. The summed E-state index contributed by atoms with van der Waals surface area (Å²) in [6.45, 7) is 2.26. The van der Waals surface area contributed by atoms with Crippen molar-refractivity contribution < 1.29 is 21.9 Å². The number of nitrogens with one attached hydrogen (secondary N) is 1. The Kier molecular flexibility index (Phi) is 8.17. The zero-order chi connectivity index (χ0) is 28.3. The summed E-state index contributed by atoms with van der Waals surface area (Å²) in [5.41, 5.74) is 3.38. The molecule has 0 fully saturated rings. The molecule has 4 aromatic rings. The van der Waals surface area contributed by atoms with Gasteiger partial charge in [-0.2, -0.15) is 0 Å². The number of pyridine rings is 1. The van der Waals surface area contributed by atoms with Gasteiger partial charge in [0.25, 0.3) is 5.56 Å². The van der Waals surface area contributed by atoms with Crippen LogP contribution in [0, 0.1) is 11.6 Å². The van der Waals surface area contributed by atoms with Crippen molar-refractivity contribution in [3.05, 3.63) is 100 Å². The lowest BCUT2D eigenvalue weighted by atomic mass is 9.94. The number of sulfonamides is 1. The first-order chi connectivity index (χ1) is 18.5. The lowest BCUT2D eigenvalue weighted by molar-refractivity contribution is 0.402. The highest BCUT2D eigenvalue weighted by molar-refractivity contribution is 7.92. The molecule has 0 amide bonds. The predicted octanol–water partition coefficient (Wildman–Crippen LogP) is 5.61. The normalized spacial score (nSPS) is 11.6. The molecule has 0 aliphatic heterocycles. The molecule has 0 aliphatic rings. The molecule has 0 saturated heterocycles. The molecule has 1 N–H and O–H groups in total. The van der Waals surface area contributed by atoms with Gasteiger partial charge >= 0.3 is 0 Å². The third kappa shape index (κ3) is 6.71. The second-order valence-corrected chi connectivity index (χ2v) is 11.4. The number of benzene rings is 3. The van der Waals surface area contributed by atoms with E-state index >= 15 is 0 Å². The minimum Gasteiger partial charge on any atom is -0.454 e. The SMILES string of the molecule is CCS(=O)(=O)Nc1ccc(Oc2ccc(F)cc2F)c(-c2cn(C)c(=O)cc2-c2ccc(CN(C)C)cc2)c1. The molecule has 204 valence electrons. The molecular formula is C29H29F2N3O4S. The largest absolute Gasteiger partial charge is 0.454 e. The van der Waals surface area contributed by atoms with E-state index in [1.54, 1.807) is 19.3 Å². The smallest absolute Gasteiger partial charge is 0.250 e. The van der Waals surface area contributed by atoms with Crippen LogP contribution >= 0.6 is 0 Å². The standard InChI is InChI=1S/C29H29F2N3O4S/c1-5-39(36,37)32-22-11-13-27(38-28-12-10-21(30)14-26(28)31)24(15-22)25-18-34(4)29(35)16-23(25)20-8-6-19(7-9-20)17-33(2)3/h6-16,18,32H,5,17H2,1-4H3. The number of hydrogen-bond donors (Lipinski definition) is 1. The average molecular weight is 554 g/mol. The van der Waals surface area contributed by atoms with Crippen LogP contribution in [0.3, 0.4) is 0 Å². The minimum atomic E-state index is -3.60. The number of aryl methyl sites for hydroxylation is 1. The van der Waals surface area contributed by atoms with E-state index in [0.717, 1.165) is 23.7 Å². The van der Waals surface area contributed by atoms with Crippen LogP contribution in [0.5, 0.6) is 11.5 Å². The number of halogens is 2. The highest BCUT2D eigenvalue weighted by Gasteiger charge is 2.19. The van der Waals surface area contributed by atoms with Crippen molar-refractivity contribution in [2.75, 3.05) is 24.6 Å². The van der Waals surface area contributed by atoms with E-state index in [2.05, 4.69) is 4.72 Å². The van der Waals surface area contributed by atoms with Gasteiger partial charge in [0.2, 0.25) is 10.0 Å². The van der Waals surface area contributed by atoms with Gasteiger partial charge in [-0.25, -0.2) is 17.2 Å². The molecule has 10 heteroatoms. The molecule has 0 bridgehead atoms. The average Bonchev–Trinajstić information content (AvgIpc) is 2.88. The fourth-order valence-electron chi connectivity index (χ4n) is 4.06. The van der Waals surface area contributed by atoms with Gasteiger partial charge in [0.1, 0.15) is 11.6 Å². The van der Waals surface area contributed by atoms with Gasteiger partial charge in [-0.1, -0.05) is 24.3 Å². The van der Waals surface area contributed by atoms with E-state index in [4.69, 9.17) is 4.74 Å². The summed E-state index contributed by atoms with van der Waals surface area (Å²) >= 11 is 0. The Balaban J connectivity index is 1.91. The molecule has 4 rings (SSSR count). The van der Waals surface area contributed by atoms with E-state index in [0.29, 0.717) is 22.8 Å². The predicted molar refractivity (Wildman–Crippen MR) is 149 cm³/mol. The minimum absolute atomic E-state index is 0.133. The Morgan fingerprint density at radius 1 is 0.897 bits per heavy atom. The van der Waals surface area contributed by atoms with Crippen molar-refractivity contribution in [3.8, 4) is 33.8 Å². The van der Waals surface area contributed by atoms with Crippen molar-refractivity contribution in [2.45, 2.75) is 13.5 Å². The third-order valence-electron chi connectivity index (χ3n) is 6.03. The fraction of sp³-hybridized carbons (Fsp3) is 0.207. The Bertz CT molecular complexity index is 1670. The summed E-state index contributed by atoms with van der Waals surface area (Å²) in [6.07, 6.45) is 1.62. The quantitative estimate of drug-likeness (QED) is 0.291. The third-order valence-corrected chi connectivity index (χ3v) is 7.34. The first-order valence-corrected chi connectivity index (χ1v) is 13.8. The number of anilines is 1. The summed E-state index contributed by atoms with van der Waals surface area (Å²) in [5, 5.41) is 0. The Hall–Kier alpha value is -4.02. The molecule has 0 radical (unpaired) electrons. The van der Waals surface area contributed by atoms with Crippen LogP contribution in [0.1, 0.15) is 12.5 Å². The first-order valence-electron chi connectivity index (χ1n) is 12.2. The summed E-state index contributed by atoms with van der Waals surface area (Å²) in [7, 11) is 1.94. The van der Waals surface area contributed by atoms with Crippen molar-refractivity contribution in [3.63, 3.8) is 0 Å². The van der Waals surface area contributed by atoms with Crippen LogP contribution in [0.4, 0.5) is 14.5 Å². The summed E-state index contributed by atoms with van der Waals surface area (Å²) in [6, 6.07) is 16.7. The molecule has 3 aromatic carbocycles. The van der Waals surface area contributed by atoms with Crippen LogP contribution in [0.15, 0.2) is 77.7 Å². The van der Waals surface area contributed by atoms with E-state index < -0.39 is 21.7 Å².